The average Bonchev–Trinajstić information content (AvgIpc) is 3.11. The van der Waals surface area contributed by atoms with Gasteiger partial charge in [0.05, 0.1) is 37.3 Å². The molecule has 0 spiro atoms. The molecule has 2 aromatic carbocycles. The van der Waals surface area contributed by atoms with Gasteiger partial charge in [-0.15, -0.1) is 0 Å². The number of para-hydroxylation sites is 2. The fourth-order valence-corrected chi connectivity index (χ4v) is 3.51. The molecular weight excluding hydrogens is 340 g/mol. The van der Waals surface area contributed by atoms with E-state index in [1.54, 1.807) is 6.26 Å². The molecule has 0 saturated carbocycles. The van der Waals surface area contributed by atoms with Crippen molar-refractivity contribution in [3.63, 3.8) is 0 Å². The van der Waals surface area contributed by atoms with E-state index in [1.165, 1.54) is 5.56 Å². The lowest BCUT2D eigenvalue weighted by Crippen LogP contribution is -2.36. The Kier molecular flexibility index (Phi) is 5.12. The van der Waals surface area contributed by atoms with Gasteiger partial charge in [-0.1, -0.05) is 31.2 Å². The van der Waals surface area contributed by atoms with E-state index >= 15 is 0 Å². The third kappa shape index (κ3) is 3.83. The van der Waals surface area contributed by atoms with Crippen LogP contribution in [0.3, 0.4) is 0 Å². The number of anilines is 2. The Bertz CT molecular complexity index is 942. The Morgan fingerprint density at radius 3 is 2.78 bits per heavy atom. The van der Waals surface area contributed by atoms with E-state index in [2.05, 4.69) is 23.2 Å². The van der Waals surface area contributed by atoms with Crippen LogP contribution in [-0.4, -0.2) is 32.2 Å². The minimum Gasteiger partial charge on any atom is -0.464 e. The van der Waals surface area contributed by atoms with Crippen molar-refractivity contribution < 1.29 is 13.9 Å². The molecule has 4 rings (SSSR count). The molecule has 1 fully saturated rings. The summed E-state index contributed by atoms with van der Waals surface area (Å²) in [6.45, 7) is 5.20. The summed E-state index contributed by atoms with van der Waals surface area (Å²) in [5, 5.41) is 4.07. The second-order valence-corrected chi connectivity index (χ2v) is 6.79. The predicted molar refractivity (Wildman–Crippen MR) is 107 cm³/mol. The fourth-order valence-electron chi connectivity index (χ4n) is 3.51. The van der Waals surface area contributed by atoms with Crippen molar-refractivity contribution in [3.05, 3.63) is 59.9 Å². The second-order valence-electron chi connectivity index (χ2n) is 6.79. The molecule has 0 aliphatic carbocycles. The number of fused-ring (bicyclic) bond motifs is 1. The Hall–Kier alpha value is -2.79. The minimum absolute atomic E-state index is 0.0435. The van der Waals surface area contributed by atoms with Gasteiger partial charge >= 0.3 is 0 Å². The summed E-state index contributed by atoms with van der Waals surface area (Å²) in [7, 11) is 0. The topological polar surface area (TPSA) is 54.7 Å². The lowest BCUT2D eigenvalue weighted by atomic mass is 10.1. The summed E-state index contributed by atoms with van der Waals surface area (Å²) < 4.78 is 11.1. The lowest BCUT2D eigenvalue weighted by Gasteiger charge is -2.30. The number of carbonyl (C=O) groups excluding carboxylic acids is 1. The van der Waals surface area contributed by atoms with Gasteiger partial charge in [0.2, 0.25) is 5.91 Å². The van der Waals surface area contributed by atoms with Crippen molar-refractivity contribution in [2.45, 2.75) is 19.8 Å². The van der Waals surface area contributed by atoms with Crippen molar-refractivity contribution in [1.29, 1.82) is 0 Å². The van der Waals surface area contributed by atoms with Gasteiger partial charge in [0.15, 0.2) is 0 Å². The largest absolute Gasteiger partial charge is 0.464 e. The van der Waals surface area contributed by atoms with Crippen LogP contribution in [0.1, 0.15) is 18.1 Å². The highest BCUT2D eigenvalue weighted by atomic mass is 16.5. The summed E-state index contributed by atoms with van der Waals surface area (Å²) in [6, 6.07) is 14.1. The first-order valence-electron chi connectivity index (χ1n) is 9.45. The van der Waals surface area contributed by atoms with Crippen molar-refractivity contribution >= 4 is 28.3 Å². The molecule has 5 nitrogen and oxygen atoms in total. The number of nitrogens with zero attached hydrogens (tertiary/aromatic N) is 1. The smallest absolute Gasteiger partial charge is 0.228 e. The van der Waals surface area contributed by atoms with Crippen LogP contribution in [0.2, 0.25) is 0 Å². The van der Waals surface area contributed by atoms with Crippen LogP contribution in [0.4, 0.5) is 11.4 Å². The molecule has 1 aliphatic rings. The molecule has 140 valence electrons. The molecule has 1 aromatic heterocycles. The van der Waals surface area contributed by atoms with E-state index in [-0.39, 0.29) is 12.3 Å². The van der Waals surface area contributed by atoms with E-state index in [0.29, 0.717) is 13.2 Å². The first-order chi connectivity index (χ1) is 13.2. The minimum atomic E-state index is -0.0435. The van der Waals surface area contributed by atoms with Crippen molar-refractivity contribution in [2.24, 2.45) is 0 Å². The third-order valence-corrected chi connectivity index (χ3v) is 5.01. The quantitative estimate of drug-likeness (QED) is 0.743. The number of amides is 1. The zero-order valence-electron chi connectivity index (χ0n) is 15.5. The highest BCUT2D eigenvalue weighted by Gasteiger charge is 2.17. The number of benzene rings is 2. The van der Waals surface area contributed by atoms with E-state index in [0.717, 1.165) is 47.4 Å². The van der Waals surface area contributed by atoms with E-state index in [9.17, 15) is 4.79 Å². The van der Waals surface area contributed by atoms with Gasteiger partial charge in [0.1, 0.15) is 5.58 Å². The van der Waals surface area contributed by atoms with Crippen LogP contribution < -0.4 is 10.2 Å². The van der Waals surface area contributed by atoms with Crippen LogP contribution in [0.25, 0.3) is 11.0 Å². The van der Waals surface area contributed by atoms with Crippen LogP contribution in [-0.2, 0) is 22.4 Å². The number of ether oxygens (including phenoxy) is 1. The van der Waals surface area contributed by atoms with Crippen LogP contribution >= 0.6 is 0 Å². The van der Waals surface area contributed by atoms with Gasteiger partial charge in [-0.25, -0.2) is 0 Å². The number of nitrogens with one attached hydrogen (secondary N) is 1. The predicted octanol–water partition coefficient (Wildman–Crippen LogP) is 4.01. The SMILES string of the molecule is CCc1ccc2c(CC(=O)Nc3ccccc3N3CCOCC3)coc2c1. The van der Waals surface area contributed by atoms with Crippen LogP contribution in [0, 0.1) is 0 Å². The Labute approximate surface area is 158 Å². The standard InChI is InChI=1S/C22H24N2O3/c1-2-16-7-8-18-17(15-27-21(18)13-16)14-22(25)23-19-5-3-4-6-20(19)24-9-11-26-12-10-24/h3-8,13,15H,2,9-12,14H2,1H3,(H,23,25). The highest BCUT2D eigenvalue weighted by molar-refractivity contribution is 5.97. The number of hydrogen-bond acceptors (Lipinski definition) is 4. The molecule has 27 heavy (non-hydrogen) atoms. The summed E-state index contributed by atoms with van der Waals surface area (Å²) in [6.07, 6.45) is 2.94. The fraction of sp³-hybridized carbons (Fsp3) is 0.318. The lowest BCUT2D eigenvalue weighted by molar-refractivity contribution is -0.115. The van der Waals surface area contributed by atoms with Crippen molar-refractivity contribution in [3.8, 4) is 0 Å². The normalized spacial score (nSPS) is 14.5. The van der Waals surface area contributed by atoms with Crippen molar-refractivity contribution in [1.82, 2.24) is 0 Å². The van der Waals surface area contributed by atoms with Gasteiger partial charge in [-0.05, 0) is 30.2 Å². The summed E-state index contributed by atoms with van der Waals surface area (Å²) in [4.78, 5) is 14.9. The van der Waals surface area contributed by atoms with Gasteiger partial charge in [0, 0.05) is 24.0 Å². The summed E-state index contributed by atoms with van der Waals surface area (Å²) in [5.41, 5.74) is 4.86. The maximum Gasteiger partial charge on any atom is 0.228 e. The number of carbonyl (C=O) groups is 1. The van der Waals surface area contributed by atoms with Crippen LogP contribution in [0.5, 0.6) is 0 Å². The zero-order valence-corrected chi connectivity index (χ0v) is 15.5. The molecule has 1 amide bonds. The molecule has 5 heteroatoms. The van der Waals surface area contributed by atoms with Gasteiger partial charge in [0.25, 0.3) is 0 Å². The number of morpholine rings is 1. The molecule has 0 atom stereocenters. The zero-order chi connectivity index (χ0) is 18.6. The first-order valence-corrected chi connectivity index (χ1v) is 9.45. The summed E-state index contributed by atoms with van der Waals surface area (Å²) in [5.74, 6) is -0.0435. The Balaban J connectivity index is 1.50. The molecular formula is C22H24N2O3. The number of rotatable bonds is 5. The maximum absolute atomic E-state index is 12.7. The van der Waals surface area contributed by atoms with E-state index in [4.69, 9.17) is 9.15 Å². The molecule has 2 heterocycles. The van der Waals surface area contributed by atoms with E-state index < -0.39 is 0 Å². The Morgan fingerprint density at radius 1 is 1.15 bits per heavy atom. The van der Waals surface area contributed by atoms with Crippen molar-refractivity contribution in [2.75, 3.05) is 36.5 Å². The molecule has 3 aromatic rings. The summed E-state index contributed by atoms with van der Waals surface area (Å²) >= 11 is 0. The van der Waals surface area contributed by atoms with Crippen LogP contribution in [0.15, 0.2) is 53.1 Å². The van der Waals surface area contributed by atoms with Gasteiger partial charge in [-0.3, -0.25) is 4.79 Å². The molecule has 1 N–H and O–H groups in total. The maximum atomic E-state index is 12.7. The van der Waals surface area contributed by atoms with Gasteiger partial charge < -0.3 is 19.4 Å². The number of furan rings is 1. The molecule has 1 saturated heterocycles. The van der Waals surface area contributed by atoms with Gasteiger partial charge in [-0.2, -0.15) is 0 Å². The monoisotopic (exact) mass is 364 g/mol. The molecule has 0 bridgehead atoms. The second kappa shape index (κ2) is 7.84. The first kappa shape index (κ1) is 17.6. The highest BCUT2D eigenvalue weighted by Crippen LogP contribution is 2.27. The average molecular weight is 364 g/mol. The number of aryl methyl sites for hydroxylation is 1. The third-order valence-electron chi connectivity index (χ3n) is 5.01. The van der Waals surface area contributed by atoms with E-state index in [1.807, 2.05) is 36.4 Å². The molecule has 1 aliphatic heterocycles. The molecule has 0 unspecified atom stereocenters. The number of hydrogen-bond donors (Lipinski definition) is 1. The molecule has 0 radical (unpaired) electrons. The Morgan fingerprint density at radius 2 is 1.96 bits per heavy atom.